The third-order valence-corrected chi connectivity index (χ3v) is 5.99. The lowest BCUT2D eigenvalue weighted by molar-refractivity contribution is -0.142. The molecule has 2 heterocycles. The van der Waals surface area contributed by atoms with Gasteiger partial charge >= 0.3 is 5.97 Å². The molecule has 2 saturated carbocycles. The summed E-state index contributed by atoms with van der Waals surface area (Å²) in [6, 6.07) is 0. The van der Waals surface area contributed by atoms with Gasteiger partial charge in [-0.25, -0.2) is 4.79 Å². The highest BCUT2D eigenvalue weighted by Gasteiger charge is 2.67. The summed E-state index contributed by atoms with van der Waals surface area (Å²) in [5.41, 5.74) is 1.71. The number of aliphatic hydroxyl groups is 1. The summed E-state index contributed by atoms with van der Waals surface area (Å²) in [4.78, 5) is 11.8. The molecule has 0 aromatic carbocycles. The Bertz CT molecular complexity index is 496. The van der Waals surface area contributed by atoms with Crippen molar-refractivity contribution >= 4 is 5.97 Å². The number of rotatable bonds is 1. The Morgan fingerprint density at radius 1 is 1.42 bits per heavy atom. The van der Waals surface area contributed by atoms with Crippen LogP contribution in [0, 0.1) is 11.3 Å². The maximum atomic E-state index is 11.8. The highest BCUT2D eigenvalue weighted by molar-refractivity contribution is 5.92. The molecular weight excluding hydrogens is 244 g/mol. The van der Waals surface area contributed by atoms with E-state index in [0.29, 0.717) is 17.6 Å². The van der Waals surface area contributed by atoms with Crippen LogP contribution in [0.1, 0.15) is 39.5 Å². The second-order valence-corrected chi connectivity index (χ2v) is 7.00. The van der Waals surface area contributed by atoms with E-state index >= 15 is 0 Å². The Balaban J connectivity index is 1.73. The predicted octanol–water partition coefficient (Wildman–Crippen LogP) is 1.57. The first-order valence-corrected chi connectivity index (χ1v) is 7.19. The molecule has 1 N–H and O–H groups in total. The van der Waals surface area contributed by atoms with Crippen LogP contribution in [0.25, 0.3) is 0 Å². The van der Waals surface area contributed by atoms with E-state index in [2.05, 4.69) is 13.8 Å². The lowest BCUT2D eigenvalue weighted by Gasteiger charge is -2.48. The van der Waals surface area contributed by atoms with Gasteiger partial charge in [0.2, 0.25) is 0 Å². The number of fused-ring (bicyclic) bond motifs is 4. The minimum atomic E-state index is -0.317. The first kappa shape index (κ1) is 11.9. The maximum absolute atomic E-state index is 11.8. The van der Waals surface area contributed by atoms with Crippen LogP contribution in [0.4, 0.5) is 0 Å². The van der Waals surface area contributed by atoms with Gasteiger partial charge in [-0.15, -0.1) is 0 Å². The molecule has 4 nitrogen and oxygen atoms in total. The fourth-order valence-corrected chi connectivity index (χ4v) is 4.77. The zero-order valence-electron chi connectivity index (χ0n) is 11.4. The molecule has 0 radical (unpaired) electrons. The van der Waals surface area contributed by atoms with Gasteiger partial charge in [0.05, 0.1) is 23.9 Å². The lowest BCUT2D eigenvalue weighted by Crippen LogP contribution is -2.48. The summed E-state index contributed by atoms with van der Waals surface area (Å²) >= 11 is 0. The quantitative estimate of drug-likeness (QED) is 0.577. The Kier molecular flexibility index (Phi) is 2.14. The van der Waals surface area contributed by atoms with Gasteiger partial charge in [0.1, 0.15) is 6.10 Å². The standard InChI is InChI=1S/C15H20O4/c1-14-4-3-12-15(2,19-12)11(14)5-8-9(7-16)13(17)18-10(8)6-14/h10-12,16H,3-7H2,1-2H3. The molecule has 4 rings (SSSR count). The summed E-state index contributed by atoms with van der Waals surface area (Å²) in [5.74, 6) is 0.129. The Morgan fingerprint density at radius 2 is 2.21 bits per heavy atom. The van der Waals surface area contributed by atoms with E-state index in [4.69, 9.17) is 9.47 Å². The number of epoxide rings is 1. The third kappa shape index (κ3) is 1.39. The van der Waals surface area contributed by atoms with Crippen LogP contribution in [-0.2, 0) is 14.3 Å². The van der Waals surface area contributed by atoms with Crippen molar-refractivity contribution in [2.75, 3.05) is 6.61 Å². The summed E-state index contributed by atoms with van der Waals surface area (Å²) < 4.78 is 11.4. The van der Waals surface area contributed by atoms with Crippen molar-refractivity contribution in [2.45, 2.75) is 57.3 Å². The lowest BCUT2D eigenvalue weighted by atomic mass is 9.55. The van der Waals surface area contributed by atoms with Gasteiger partial charge < -0.3 is 14.6 Å². The van der Waals surface area contributed by atoms with E-state index < -0.39 is 0 Å². The van der Waals surface area contributed by atoms with Gasteiger partial charge in [0, 0.05) is 0 Å². The van der Waals surface area contributed by atoms with Crippen molar-refractivity contribution in [3.63, 3.8) is 0 Å². The number of hydrogen-bond donors (Lipinski definition) is 1. The van der Waals surface area contributed by atoms with Crippen LogP contribution in [0.15, 0.2) is 11.1 Å². The normalized spacial score (nSPS) is 51.3. The van der Waals surface area contributed by atoms with Crippen molar-refractivity contribution in [3.05, 3.63) is 11.1 Å². The first-order valence-electron chi connectivity index (χ1n) is 7.19. The minimum Gasteiger partial charge on any atom is -0.454 e. The average molecular weight is 264 g/mol. The highest BCUT2D eigenvalue weighted by atomic mass is 16.6. The number of aliphatic hydroxyl groups excluding tert-OH is 1. The zero-order chi connectivity index (χ0) is 13.4. The van der Waals surface area contributed by atoms with Crippen LogP contribution >= 0.6 is 0 Å². The summed E-state index contributed by atoms with van der Waals surface area (Å²) in [5, 5.41) is 9.39. The van der Waals surface area contributed by atoms with E-state index in [0.717, 1.165) is 31.3 Å². The van der Waals surface area contributed by atoms with E-state index in [1.165, 1.54) is 0 Å². The monoisotopic (exact) mass is 264 g/mol. The van der Waals surface area contributed by atoms with Crippen LogP contribution in [0.5, 0.6) is 0 Å². The molecule has 0 aromatic heterocycles. The molecule has 0 amide bonds. The molecule has 2 aliphatic carbocycles. The average Bonchev–Trinajstić information content (AvgIpc) is 2.93. The molecule has 4 heteroatoms. The van der Waals surface area contributed by atoms with E-state index in [1.807, 2.05) is 0 Å². The molecule has 0 spiro atoms. The number of hydrogen-bond acceptors (Lipinski definition) is 4. The summed E-state index contributed by atoms with van der Waals surface area (Å²) in [6.45, 7) is 4.31. The highest BCUT2D eigenvalue weighted by Crippen LogP contribution is 2.64. The molecule has 0 aromatic rings. The predicted molar refractivity (Wildman–Crippen MR) is 67.3 cm³/mol. The molecule has 0 bridgehead atoms. The Hall–Kier alpha value is -0.870. The van der Waals surface area contributed by atoms with Gasteiger partial charge in [-0.2, -0.15) is 0 Å². The number of ether oxygens (including phenoxy) is 2. The van der Waals surface area contributed by atoms with Gasteiger partial charge in [-0.05, 0) is 49.5 Å². The second kappa shape index (κ2) is 3.41. The summed E-state index contributed by atoms with van der Waals surface area (Å²) in [7, 11) is 0. The Labute approximate surface area is 112 Å². The maximum Gasteiger partial charge on any atom is 0.337 e. The molecular formula is C15H20O4. The molecule has 5 unspecified atom stereocenters. The first-order chi connectivity index (χ1) is 8.98. The number of esters is 1. The fourth-order valence-electron chi connectivity index (χ4n) is 4.77. The number of carbonyl (C=O) groups excluding carboxylic acids is 1. The molecule has 104 valence electrons. The topological polar surface area (TPSA) is 59.1 Å². The molecule has 3 fully saturated rings. The van der Waals surface area contributed by atoms with Crippen molar-refractivity contribution in [1.29, 1.82) is 0 Å². The summed E-state index contributed by atoms with van der Waals surface area (Å²) in [6.07, 6.45) is 4.29. The van der Waals surface area contributed by atoms with Gasteiger partial charge in [0.15, 0.2) is 0 Å². The molecule has 4 aliphatic rings. The zero-order valence-corrected chi connectivity index (χ0v) is 11.4. The van der Waals surface area contributed by atoms with Crippen LogP contribution in [0.2, 0.25) is 0 Å². The van der Waals surface area contributed by atoms with Crippen molar-refractivity contribution in [1.82, 2.24) is 0 Å². The van der Waals surface area contributed by atoms with Crippen molar-refractivity contribution in [2.24, 2.45) is 11.3 Å². The third-order valence-electron chi connectivity index (χ3n) is 5.99. The van der Waals surface area contributed by atoms with Crippen molar-refractivity contribution < 1.29 is 19.4 Å². The van der Waals surface area contributed by atoms with Gasteiger partial charge in [-0.1, -0.05) is 6.92 Å². The molecule has 1 saturated heterocycles. The van der Waals surface area contributed by atoms with Gasteiger partial charge in [0.25, 0.3) is 0 Å². The van der Waals surface area contributed by atoms with Gasteiger partial charge in [-0.3, -0.25) is 0 Å². The Morgan fingerprint density at radius 3 is 2.95 bits per heavy atom. The minimum absolute atomic E-state index is 0.0167. The fraction of sp³-hybridized carbons (Fsp3) is 0.800. The molecule has 5 atom stereocenters. The largest absolute Gasteiger partial charge is 0.454 e. The van der Waals surface area contributed by atoms with E-state index in [1.54, 1.807) is 0 Å². The van der Waals surface area contributed by atoms with Crippen LogP contribution in [0.3, 0.4) is 0 Å². The van der Waals surface area contributed by atoms with Crippen LogP contribution < -0.4 is 0 Å². The number of carbonyl (C=O) groups is 1. The van der Waals surface area contributed by atoms with E-state index in [9.17, 15) is 9.90 Å². The molecule has 19 heavy (non-hydrogen) atoms. The van der Waals surface area contributed by atoms with Crippen LogP contribution in [-0.4, -0.2) is 35.5 Å². The SMILES string of the molecule is CC12CCC3OC3(C)C1CC1=C(CO)C(=O)OC1C2. The van der Waals surface area contributed by atoms with Crippen molar-refractivity contribution in [3.8, 4) is 0 Å². The second-order valence-electron chi connectivity index (χ2n) is 7.00. The molecule has 2 aliphatic heterocycles. The van der Waals surface area contributed by atoms with E-state index in [-0.39, 0.29) is 29.7 Å². The smallest absolute Gasteiger partial charge is 0.337 e.